The molecule has 4 rings (SSSR count). The fourth-order valence-electron chi connectivity index (χ4n) is 3.65. The lowest BCUT2D eigenvalue weighted by atomic mass is 9.91. The molecule has 2 aliphatic rings. The molecule has 0 bridgehead atoms. The van der Waals surface area contributed by atoms with E-state index in [0.29, 0.717) is 6.54 Å². The predicted molar refractivity (Wildman–Crippen MR) is 94.0 cm³/mol. The SMILES string of the molecule is O=C1OC2(CCN(Cc3ccccc3)CC2)CN1c1ccccc1. The number of piperidine rings is 1. The molecular weight excluding hydrogens is 300 g/mol. The van der Waals surface area contributed by atoms with Crippen molar-refractivity contribution in [2.24, 2.45) is 0 Å². The van der Waals surface area contributed by atoms with Gasteiger partial charge in [-0.3, -0.25) is 9.80 Å². The first-order chi connectivity index (χ1) is 11.7. The van der Waals surface area contributed by atoms with Gasteiger partial charge in [0.1, 0.15) is 5.60 Å². The highest BCUT2D eigenvalue weighted by Crippen LogP contribution is 2.35. The summed E-state index contributed by atoms with van der Waals surface area (Å²) in [7, 11) is 0. The van der Waals surface area contributed by atoms with Gasteiger partial charge in [0.15, 0.2) is 0 Å². The fraction of sp³-hybridized carbons (Fsp3) is 0.350. The van der Waals surface area contributed by atoms with Crippen LogP contribution in [0.3, 0.4) is 0 Å². The van der Waals surface area contributed by atoms with Crippen LogP contribution in [0.5, 0.6) is 0 Å². The van der Waals surface area contributed by atoms with E-state index in [9.17, 15) is 4.79 Å². The molecule has 24 heavy (non-hydrogen) atoms. The number of hydrogen-bond donors (Lipinski definition) is 0. The van der Waals surface area contributed by atoms with Gasteiger partial charge in [-0.2, -0.15) is 0 Å². The van der Waals surface area contributed by atoms with Crippen molar-refractivity contribution in [2.45, 2.75) is 25.0 Å². The van der Waals surface area contributed by atoms with Crippen molar-refractivity contribution in [1.82, 2.24) is 4.90 Å². The highest BCUT2D eigenvalue weighted by Gasteiger charge is 2.47. The van der Waals surface area contributed by atoms with Crippen LogP contribution < -0.4 is 4.90 Å². The van der Waals surface area contributed by atoms with Gasteiger partial charge in [-0.1, -0.05) is 48.5 Å². The van der Waals surface area contributed by atoms with Crippen LogP contribution >= 0.6 is 0 Å². The van der Waals surface area contributed by atoms with Crippen LogP contribution in [0, 0.1) is 0 Å². The molecule has 0 atom stereocenters. The average molecular weight is 322 g/mol. The minimum absolute atomic E-state index is 0.210. The molecule has 0 unspecified atom stereocenters. The van der Waals surface area contributed by atoms with Gasteiger partial charge in [-0.15, -0.1) is 0 Å². The van der Waals surface area contributed by atoms with Crippen LogP contribution in [-0.4, -0.2) is 36.2 Å². The molecule has 0 N–H and O–H groups in total. The molecule has 1 spiro atoms. The van der Waals surface area contributed by atoms with Crippen LogP contribution in [-0.2, 0) is 11.3 Å². The van der Waals surface area contributed by atoms with Crippen molar-refractivity contribution in [3.05, 3.63) is 66.2 Å². The van der Waals surface area contributed by atoms with Crippen LogP contribution in [0.25, 0.3) is 0 Å². The number of amides is 1. The number of carbonyl (C=O) groups is 1. The number of likely N-dealkylation sites (tertiary alicyclic amines) is 1. The molecule has 124 valence electrons. The molecule has 2 saturated heterocycles. The second-order valence-corrected chi connectivity index (χ2v) is 6.73. The Morgan fingerprint density at radius 2 is 1.54 bits per heavy atom. The van der Waals surface area contributed by atoms with E-state index >= 15 is 0 Å². The van der Waals surface area contributed by atoms with Gasteiger partial charge in [-0.05, 0) is 17.7 Å². The Balaban J connectivity index is 1.39. The van der Waals surface area contributed by atoms with Crippen molar-refractivity contribution in [2.75, 3.05) is 24.5 Å². The maximum absolute atomic E-state index is 12.3. The summed E-state index contributed by atoms with van der Waals surface area (Å²) in [4.78, 5) is 16.5. The Morgan fingerprint density at radius 3 is 2.21 bits per heavy atom. The highest BCUT2D eigenvalue weighted by molar-refractivity contribution is 5.90. The zero-order valence-corrected chi connectivity index (χ0v) is 13.7. The average Bonchev–Trinajstić information content (AvgIpc) is 2.95. The third-order valence-electron chi connectivity index (χ3n) is 5.05. The number of carbonyl (C=O) groups excluding carboxylic acids is 1. The minimum atomic E-state index is -0.319. The summed E-state index contributed by atoms with van der Waals surface area (Å²) in [6.45, 7) is 3.55. The summed E-state index contributed by atoms with van der Waals surface area (Å²) in [5.74, 6) is 0. The number of para-hydroxylation sites is 1. The van der Waals surface area contributed by atoms with Crippen LogP contribution in [0.4, 0.5) is 10.5 Å². The van der Waals surface area contributed by atoms with Gasteiger partial charge in [0, 0.05) is 38.2 Å². The Kier molecular flexibility index (Phi) is 3.98. The lowest BCUT2D eigenvalue weighted by Crippen LogP contribution is -2.46. The summed E-state index contributed by atoms with van der Waals surface area (Å²) in [6, 6.07) is 20.3. The third kappa shape index (κ3) is 3.02. The smallest absolute Gasteiger partial charge is 0.415 e. The molecule has 2 aromatic rings. The number of ether oxygens (including phenoxy) is 1. The van der Waals surface area contributed by atoms with E-state index in [1.165, 1.54) is 5.56 Å². The van der Waals surface area contributed by atoms with E-state index in [4.69, 9.17) is 4.74 Å². The lowest BCUT2D eigenvalue weighted by molar-refractivity contribution is -0.000970. The zero-order chi connectivity index (χ0) is 16.4. The predicted octanol–water partition coefficient (Wildman–Crippen LogP) is 3.68. The third-order valence-corrected chi connectivity index (χ3v) is 5.05. The molecule has 1 amide bonds. The molecule has 2 fully saturated rings. The maximum Gasteiger partial charge on any atom is 0.415 e. The van der Waals surface area contributed by atoms with Crippen molar-refractivity contribution in [3.63, 3.8) is 0 Å². The van der Waals surface area contributed by atoms with E-state index in [1.807, 2.05) is 36.4 Å². The van der Waals surface area contributed by atoms with Gasteiger partial charge in [-0.25, -0.2) is 4.79 Å². The summed E-state index contributed by atoms with van der Waals surface area (Å²) in [6.07, 6.45) is 1.58. The zero-order valence-electron chi connectivity index (χ0n) is 13.7. The first kappa shape index (κ1) is 15.2. The lowest BCUT2D eigenvalue weighted by Gasteiger charge is -2.37. The van der Waals surface area contributed by atoms with Gasteiger partial charge in [0.2, 0.25) is 0 Å². The normalized spacial score (nSPS) is 20.3. The summed E-state index contributed by atoms with van der Waals surface area (Å²) in [5, 5.41) is 0. The van der Waals surface area contributed by atoms with Crippen molar-refractivity contribution < 1.29 is 9.53 Å². The van der Waals surface area contributed by atoms with Crippen LogP contribution in [0.2, 0.25) is 0 Å². The van der Waals surface area contributed by atoms with E-state index in [2.05, 4.69) is 29.2 Å². The highest BCUT2D eigenvalue weighted by atomic mass is 16.6. The second kappa shape index (κ2) is 6.29. The Morgan fingerprint density at radius 1 is 0.917 bits per heavy atom. The molecule has 2 heterocycles. The first-order valence-corrected chi connectivity index (χ1v) is 8.56. The molecule has 2 aliphatic heterocycles. The standard InChI is InChI=1S/C20H22N2O2/c23-19-22(18-9-5-2-6-10-18)16-20(24-19)11-13-21(14-12-20)15-17-7-3-1-4-8-17/h1-10H,11-16H2. The molecular formula is C20H22N2O2. The van der Waals surface area contributed by atoms with E-state index in [1.54, 1.807) is 4.90 Å². The summed E-state index contributed by atoms with van der Waals surface area (Å²) < 4.78 is 5.82. The molecule has 4 nitrogen and oxygen atoms in total. The van der Waals surface area contributed by atoms with E-state index in [0.717, 1.165) is 38.2 Å². The van der Waals surface area contributed by atoms with Crippen LogP contribution in [0.1, 0.15) is 18.4 Å². The minimum Gasteiger partial charge on any atom is -0.441 e. The topological polar surface area (TPSA) is 32.8 Å². The number of hydrogen-bond acceptors (Lipinski definition) is 3. The van der Waals surface area contributed by atoms with E-state index in [-0.39, 0.29) is 11.7 Å². The molecule has 0 saturated carbocycles. The Hall–Kier alpha value is -2.33. The maximum atomic E-state index is 12.3. The first-order valence-electron chi connectivity index (χ1n) is 8.56. The Bertz CT molecular complexity index is 694. The molecule has 4 heteroatoms. The largest absolute Gasteiger partial charge is 0.441 e. The van der Waals surface area contributed by atoms with Crippen molar-refractivity contribution in [1.29, 1.82) is 0 Å². The van der Waals surface area contributed by atoms with Gasteiger partial charge < -0.3 is 4.74 Å². The number of nitrogens with zero attached hydrogens (tertiary/aromatic N) is 2. The van der Waals surface area contributed by atoms with Crippen molar-refractivity contribution in [3.8, 4) is 0 Å². The van der Waals surface area contributed by atoms with Crippen molar-refractivity contribution >= 4 is 11.8 Å². The second-order valence-electron chi connectivity index (χ2n) is 6.73. The molecule has 0 aliphatic carbocycles. The number of anilines is 1. The van der Waals surface area contributed by atoms with Gasteiger partial charge in [0.25, 0.3) is 0 Å². The van der Waals surface area contributed by atoms with Gasteiger partial charge >= 0.3 is 6.09 Å². The molecule has 2 aromatic carbocycles. The fourth-order valence-corrected chi connectivity index (χ4v) is 3.65. The summed E-state index contributed by atoms with van der Waals surface area (Å²) in [5.41, 5.74) is 1.94. The molecule has 0 aromatic heterocycles. The Labute approximate surface area is 142 Å². The summed E-state index contributed by atoms with van der Waals surface area (Å²) >= 11 is 0. The monoisotopic (exact) mass is 322 g/mol. The quantitative estimate of drug-likeness (QED) is 0.864. The van der Waals surface area contributed by atoms with Crippen LogP contribution in [0.15, 0.2) is 60.7 Å². The van der Waals surface area contributed by atoms with E-state index < -0.39 is 0 Å². The number of benzene rings is 2. The number of rotatable bonds is 3. The molecule has 0 radical (unpaired) electrons. The van der Waals surface area contributed by atoms with Gasteiger partial charge in [0.05, 0.1) is 6.54 Å².